The van der Waals surface area contributed by atoms with Crippen LogP contribution in [-0.2, 0) is 0 Å². The third-order valence-corrected chi connectivity index (χ3v) is 1.99. The fourth-order valence-electron chi connectivity index (χ4n) is 1.12. The molecule has 0 saturated carbocycles. The fraction of sp³-hybridized carbons (Fsp3) is 0. The molecule has 5 heteroatoms. The molecule has 0 spiro atoms. The van der Waals surface area contributed by atoms with Gasteiger partial charge in [-0.3, -0.25) is 0 Å². The second-order valence-corrected chi connectivity index (χ2v) is 3.44. The van der Waals surface area contributed by atoms with E-state index in [4.69, 9.17) is 16.3 Å². The first-order valence-corrected chi connectivity index (χ1v) is 4.77. The number of benzene rings is 1. The van der Waals surface area contributed by atoms with Gasteiger partial charge in [0.1, 0.15) is 11.6 Å². The Morgan fingerprint density at radius 2 is 2.00 bits per heavy atom. The number of ether oxygens (including phenoxy) is 1. The molecule has 0 atom stereocenters. The van der Waals surface area contributed by atoms with E-state index < -0.39 is 11.6 Å². The van der Waals surface area contributed by atoms with Crippen LogP contribution in [-0.4, -0.2) is 4.98 Å². The van der Waals surface area contributed by atoms with Crippen LogP contribution in [0.2, 0.25) is 5.02 Å². The zero-order chi connectivity index (χ0) is 11.5. The molecule has 1 aromatic carbocycles. The van der Waals surface area contributed by atoms with Crippen molar-refractivity contribution in [2.24, 2.45) is 0 Å². The first-order chi connectivity index (χ1) is 7.65. The minimum Gasteiger partial charge on any atom is -0.436 e. The lowest BCUT2D eigenvalue weighted by Gasteiger charge is -2.05. The molecule has 82 valence electrons. The quantitative estimate of drug-likeness (QED) is 0.798. The maximum absolute atomic E-state index is 13.3. The number of rotatable bonds is 2. The predicted octanol–water partition coefficient (Wildman–Crippen LogP) is 3.81. The molecule has 1 heterocycles. The molecule has 2 nitrogen and oxygen atoms in total. The van der Waals surface area contributed by atoms with E-state index in [1.54, 1.807) is 0 Å². The van der Waals surface area contributed by atoms with Gasteiger partial charge in [0.05, 0.1) is 5.02 Å². The highest BCUT2D eigenvalue weighted by molar-refractivity contribution is 6.30. The van der Waals surface area contributed by atoms with Crippen LogP contribution in [0, 0.1) is 11.6 Å². The van der Waals surface area contributed by atoms with Crippen molar-refractivity contribution < 1.29 is 13.5 Å². The Balaban J connectivity index is 2.27. The average Bonchev–Trinajstić information content (AvgIpc) is 2.22. The van der Waals surface area contributed by atoms with Gasteiger partial charge in [-0.05, 0) is 18.2 Å². The van der Waals surface area contributed by atoms with E-state index in [0.29, 0.717) is 0 Å². The molecule has 0 saturated heterocycles. The van der Waals surface area contributed by atoms with Gasteiger partial charge in [0.15, 0.2) is 5.82 Å². The lowest BCUT2D eigenvalue weighted by molar-refractivity contribution is 0.420. The minimum atomic E-state index is -0.697. The summed E-state index contributed by atoms with van der Waals surface area (Å²) in [4.78, 5) is 3.65. The third kappa shape index (κ3) is 2.46. The second-order valence-electron chi connectivity index (χ2n) is 3.00. The van der Waals surface area contributed by atoms with Crippen molar-refractivity contribution in [1.82, 2.24) is 4.98 Å². The standard InChI is InChI=1S/C11H6ClF2NO/c12-7-4-10(14)11(15-6-7)16-9-3-1-2-8(13)5-9/h1-6H. The Morgan fingerprint density at radius 3 is 2.69 bits per heavy atom. The van der Waals surface area contributed by atoms with Crippen LogP contribution in [0.15, 0.2) is 36.5 Å². The Hall–Kier alpha value is -1.68. The van der Waals surface area contributed by atoms with Gasteiger partial charge in [-0.2, -0.15) is 0 Å². The van der Waals surface area contributed by atoms with E-state index >= 15 is 0 Å². The van der Waals surface area contributed by atoms with Crippen molar-refractivity contribution in [3.63, 3.8) is 0 Å². The van der Waals surface area contributed by atoms with E-state index in [-0.39, 0.29) is 16.7 Å². The van der Waals surface area contributed by atoms with Crippen LogP contribution in [0.4, 0.5) is 8.78 Å². The predicted molar refractivity (Wildman–Crippen MR) is 55.7 cm³/mol. The van der Waals surface area contributed by atoms with Crippen molar-refractivity contribution in [3.05, 3.63) is 53.2 Å². The topological polar surface area (TPSA) is 22.1 Å². The third-order valence-electron chi connectivity index (χ3n) is 1.78. The van der Waals surface area contributed by atoms with Crippen LogP contribution < -0.4 is 4.74 Å². The minimum absolute atomic E-state index is 0.170. The van der Waals surface area contributed by atoms with Gasteiger partial charge in [-0.25, -0.2) is 13.8 Å². The van der Waals surface area contributed by atoms with Crippen molar-refractivity contribution in [2.75, 3.05) is 0 Å². The molecular formula is C11H6ClF2NO. The highest BCUT2D eigenvalue weighted by Crippen LogP contribution is 2.24. The molecular weight excluding hydrogens is 236 g/mol. The molecule has 0 aliphatic heterocycles. The number of hydrogen-bond acceptors (Lipinski definition) is 2. The Kier molecular flexibility index (Phi) is 3.01. The Labute approximate surface area is 95.5 Å². The number of halogens is 3. The molecule has 0 unspecified atom stereocenters. The van der Waals surface area contributed by atoms with E-state index in [0.717, 1.165) is 12.1 Å². The van der Waals surface area contributed by atoms with Crippen LogP contribution in [0.3, 0.4) is 0 Å². The van der Waals surface area contributed by atoms with Gasteiger partial charge in [0.25, 0.3) is 5.88 Å². The molecule has 2 rings (SSSR count). The molecule has 0 amide bonds. The molecule has 0 radical (unpaired) electrons. The largest absolute Gasteiger partial charge is 0.436 e. The number of nitrogens with zero attached hydrogens (tertiary/aromatic N) is 1. The summed E-state index contributed by atoms with van der Waals surface area (Å²) >= 11 is 5.53. The summed E-state index contributed by atoms with van der Waals surface area (Å²) in [6, 6.07) is 6.43. The van der Waals surface area contributed by atoms with Gasteiger partial charge < -0.3 is 4.74 Å². The van der Waals surface area contributed by atoms with Crippen LogP contribution in [0.1, 0.15) is 0 Å². The van der Waals surface area contributed by atoms with Crippen LogP contribution >= 0.6 is 11.6 Å². The monoisotopic (exact) mass is 241 g/mol. The van der Waals surface area contributed by atoms with E-state index in [1.165, 1.54) is 24.4 Å². The number of aromatic nitrogens is 1. The van der Waals surface area contributed by atoms with Gasteiger partial charge in [0.2, 0.25) is 0 Å². The molecule has 0 N–H and O–H groups in total. The Bertz CT molecular complexity index is 519. The summed E-state index contributed by atoms with van der Waals surface area (Å²) in [6.07, 6.45) is 1.25. The number of hydrogen-bond donors (Lipinski definition) is 0. The van der Waals surface area contributed by atoms with E-state index in [1.807, 2.05) is 0 Å². The molecule has 1 aromatic heterocycles. The first kappa shape index (κ1) is 10.8. The lowest BCUT2D eigenvalue weighted by atomic mass is 10.3. The highest BCUT2D eigenvalue weighted by atomic mass is 35.5. The van der Waals surface area contributed by atoms with E-state index in [9.17, 15) is 8.78 Å². The van der Waals surface area contributed by atoms with Gasteiger partial charge >= 0.3 is 0 Å². The van der Waals surface area contributed by atoms with Crippen molar-refractivity contribution in [1.29, 1.82) is 0 Å². The van der Waals surface area contributed by atoms with Crippen molar-refractivity contribution in [3.8, 4) is 11.6 Å². The first-order valence-electron chi connectivity index (χ1n) is 4.39. The summed E-state index contributed by atoms with van der Waals surface area (Å²) in [5, 5.41) is 0.170. The van der Waals surface area contributed by atoms with Gasteiger partial charge in [-0.1, -0.05) is 17.7 Å². The molecule has 0 bridgehead atoms. The fourth-order valence-corrected chi connectivity index (χ4v) is 1.26. The lowest BCUT2D eigenvalue weighted by Crippen LogP contribution is -1.92. The zero-order valence-corrected chi connectivity index (χ0v) is 8.71. The summed E-state index contributed by atoms with van der Waals surface area (Å²) in [7, 11) is 0. The van der Waals surface area contributed by atoms with Crippen LogP contribution in [0.25, 0.3) is 0 Å². The average molecular weight is 242 g/mol. The number of pyridine rings is 1. The summed E-state index contributed by atoms with van der Waals surface area (Å²) in [6.45, 7) is 0. The normalized spacial score (nSPS) is 10.2. The SMILES string of the molecule is Fc1cccc(Oc2ncc(Cl)cc2F)c1. The molecule has 0 aliphatic carbocycles. The smallest absolute Gasteiger partial charge is 0.255 e. The van der Waals surface area contributed by atoms with E-state index in [2.05, 4.69) is 4.98 Å². The highest BCUT2D eigenvalue weighted by Gasteiger charge is 2.07. The maximum atomic E-state index is 13.3. The van der Waals surface area contributed by atoms with Gasteiger partial charge in [-0.15, -0.1) is 0 Å². The Morgan fingerprint density at radius 1 is 1.19 bits per heavy atom. The summed E-state index contributed by atoms with van der Waals surface area (Å²) in [5.41, 5.74) is 0. The molecule has 16 heavy (non-hydrogen) atoms. The van der Waals surface area contributed by atoms with Crippen molar-refractivity contribution >= 4 is 11.6 Å². The maximum Gasteiger partial charge on any atom is 0.255 e. The summed E-state index contributed by atoms with van der Waals surface area (Å²) < 4.78 is 31.2. The van der Waals surface area contributed by atoms with Crippen LogP contribution in [0.5, 0.6) is 11.6 Å². The van der Waals surface area contributed by atoms with Crippen molar-refractivity contribution in [2.45, 2.75) is 0 Å². The second kappa shape index (κ2) is 4.45. The molecule has 2 aromatic rings. The molecule has 0 aliphatic rings. The van der Waals surface area contributed by atoms with Gasteiger partial charge in [0, 0.05) is 12.3 Å². The molecule has 0 fully saturated rings. The summed E-state index contributed by atoms with van der Waals surface area (Å²) in [5.74, 6) is -1.23. The zero-order valence-electron chi connectivity index (χ0n) is 7.95.